The first-order valence-electron chi connectivity index (χ1n) is 7.08. The van der Waals surface area contributed by atoms with Crippen LogP contribution in [0.3, 0.4) is 0 Å². The van der Waals surface area contributed by atoms with E-state index in [9.17, 15) is 22.0 Å². The Morgan fingerprint density at radius 3 is 2.46 bits per heavy atom. The van der Waals surface area contributed by atoms with Gasteiger partial charge in [0, 0.05) is 6.61 Å². The van der Waals surface area contributed by atoms with Crippen LogP contribution >= 0.6 is 0 Å². The lowest BCUT2D eigenvalue weighted by Gasteiger charge is -2.20. The summed E-state index contributed by atoms with van der Waals surface area (Å²) in [6.07, 6.45) is -4.59. The normalized spacial score (nSPS) is 21.0. The fourth-order valence-electron chi connectivity index (χ4n) is 2.51. The lowest BCUT2D eigenvalue weighted by Crippen LogP contribution is -2.24. The fourth-order valence-corrected chi connectivity index (χ4v) is 2.51. The zero-order valence-corrected chi connectivity index (χ0v) is 12.1. The molecule has 3 rings (SSSR count). The summed E-state index contributed by atoms with van der Waals surface area (Å²) < 4.78 is 69.3. The van der Waals surface area contributed by atoms with Gasteiger partial charge in [-0.25, -0.2) is 8.78 Å². The van der Waals surface area contributed by atoms with E-state index in [1.54, 1.807) is 0 Å². The van der Waals surface area contributed by atoms with Crippen molar-refractivity contribution in [3.05, 3.63) is 53.2 Å². The first-order valence-corrected chi connectivity index (χ1v) is 7.08. The summed E-state index contributed by atoms with van der Waals surface area (Å²) in [6.45, 7) is 0.370. The largest absolute Gasteiger partial charge is 0.435 e. The van der Waals surface area contributed by atoms with Crippen molar-refractivity contribution in [2.75, 3.05) is 11.9 Å². The highest BCUT2D eigenvalue weighted by molar-refractivity contribution is 5.37. The molecule has 0 saturated carbocycles. The van der Waals surface area contributed by atoms with Gasteiger partial charge in [-0.1, -0.05) is 6.07 Å². The maximum absolute atomic E-state index is 13.4. The van der Waals surface area contributed by atoms with Crippen molar-refractivity contribution in [1.29, 1.82) is 0 Å². The second kappa shape index (κ2) is 6.31. The summed E-state index contributed by atoms with van der Waals surface area (Å²) in [5, 5.41) is 9.55. The Bertz CT molecular complexity index is 720. The van der Waals surface area contributed by atoms with Gasteiger partial charge in [-0.3, -0.25) is 0 Å². The van der Waals surface area contributed by atoms with Crippen molar-refractivity contribution in [1.82, 2.24) is 10.2 Å². The van der Waals surface area contributed by atoms with E-state index in [0.29, 0.717) is 18.6 Å². The third-order valence-electron chi connectivity index (χ3n) is 3.65. The number of ether oxygens (including phenoxy) is 1. The van der Waals surface area contributed by atoms with Crippen LogP contribution in [-0.2, 0) is 10.9 Å². The molecule has 1 aliphatic heterocycles. The molecule has 2 atom stereocenters. The van der Waals surface area contributed by atoms with Gasteiger partial charge in [0.25, 0.3) is 0 Å². The molecule has 0 spiro atoms. The minimum Gasteiger partial charge on any atom is -0.371 e. The molecule has 4 nitrogen and oxygen atoms in total. The Hall–Kier alpha value is -2.29. The molecule has 1 aliphatic rings. The van der Waals surface area contributed by atoms with E-state index in [0.717, 1.165) is 24.3 Å². The Balaban J connectivity index is 1.75. The van der Waals surface area contributed by atoms with Crippen LogP contribution in [0.5, 0.6) is 0 Å². The number of nitrogens with one attached hydrogen (secondary N) is 1. The smallest absolute Gasteiger partial charge is 0.371 e. The average Bonchev–Trinajstić information content (AvgIpc) is 2.98. The van der Waals surface area contributed by atoms with E-state index in [2.05, 4.69) is 15.5 Å². The van der Waals surface area contributed by atoms with Crippen LogP contribution in [0.15, 0.2) is 30.3 Å². The second-order valence-corrected chi connectivity index (χ2v) is 5.31. The zero-order chi connectivity index (χ0) is 17.3. The minimum atomic E-state index is -4.56. The van der Waals surface area contributed by atoms with E-state index >= 15 is 0 Å². The van der Waals surface area contributed by atoms with Crippen molar-refractivity contribution in [2.24, 2.45) is 0 Å². The molecule has 2 aromatic rings. The maximum Gasteiger partial charge on any atom is 0.435 e. The topological polar surface area (TPSA) is 47.0 Å². The van der Waals surface area contributed by atoms with Gasteiger partial charge in [-0.15, -0.1) is 10.2 Å². The highest BCUT2D eigenvalue weighted by atomic mass is 19.4. The van der Waals surface area contributed by atoms with E-state index in [1.165, 1.54) is 6.07 Å². The third-order valence-corrected chi connectivity index (χ3v) is 3.65. The van der Waals surface area contributed by atoms with Gasteiger partial charge in [-0.05, 0) is 36.2 Å². The predicted molar refractivity (Wildman–Crippen MR) is 74.1 cm³/mol. The Kier molecular flexibility index (Phi) is 4.35. The molecule has 0 aliphatic carbocycles. The summed E-state index contributed by atoms with van der Waals surface area (Å²) in [5.74, 6) is -1.81. The molecule has 1 aromatic heterocycles. The molecule has 0 radical (unpaired) electrons. The summed E-state index contributed by atoms with van der Waals surface area (Å²) in [4.78, 5) is 0. The monoisotopic (exact) mass is 345 g/mol. The summed E-state index contributed by atoms with van der Waals surface area (Å²) in [6, 6.07) is 5.08. The fraction of sp³-hybridized carbons (Fsp3) is 0.333. The number of nitrogens with zero attached hydrogens (tertiary/aromatic N) is 2. The van der Waals surface area contributed by atoms with E-state index in [4.69, 9.17) is 4.74 Å². The average molecular weight is 345 g/mol. The van der Waals surface area contributed by atoms with Crippen molar-refractivity contribution < 1.29 is 26.7 Å². The number of anilines is 1. The van der Waals surface area contributed by atoms with Gasteiger partial charge < -0.3 is 10.1 Å². The van der Waals surface area contributed by atoms with Crippen LogP contribution in [-0.4, -0.2) is 22.8 Å². The number of hydrogen-bond acceptors (Lipinski definition) is 4. The molecule has 2 unspecified atom stereocenters. The molecule has 1 N–H and O–H groups in total. The number of rotatable bonds is 3. The molecule has 24 heavy (non-hydrogen) atoms. The number of alkyl halides is 3. The number of halogens is 5. The molecule has 2 heterocycles. The maximum atomic E-state index is 13.4. The third kappa shape index (κ3) is 3.45. The van der Waals surface area contributed by atoms with Crippen LogP contribution in [0.1, 0.15) is 23.8 Å². The van der Waals surface area contributed by atoms with E-state index in [-0.39, 0.29) is 11.9 Å². The molecule has 1 fully saturated rings. The zero-order valence-electron chi connectivity index (χ0n) is 12.1. The predicted octanol–water partition coefficient (Wildman–Crippen LogP) is 3.72. The quantitative estimate of drug-likeness (QED) is 0.862. The lowest BCUT2D eigenvalue weighted by molar-refractivity contribution is -0.141. The van der Waals surface area contributed by atoms with Gasteiger partial charge in [0.15, 0.2) is 17.3 Å². The first kappa shape index (κ1) is 16.6. The Morgan fingerprint density at radius 2 is 1.83 bits per heavy atom. The van der Waals surface area contributed by atoms with Crippen LogP contribution in [0.2, 0.25) is 0 Å². The second-order valence-electron chi connectivity index (χ2n) is 5.31. The molecular formula is C15H12F5N3O. The van der Waals surface area contributed by atoms with Crippen LogP contribution in [0.25, 0.3) is 0 Å². The van der Waals surface area contributed by atoms with E-state index < -0.39 is 29.6 Å². The molecule has 1 aromatic carbocycles. The van der Waals surface area contributed by atoms with Crippen molar-refractivity contribution in [3.63, 3.8) is 0 Å². The molecule has 0 amide bonds. The van der Waals surface area contributed by atoms with Gasteiger partial charge in [0.1, 0.15) is 11.9 Å². The molecular weight excluding hydrogens is 333 g/mol. The molecule has 128 valence electrons. The minimum absolute atomic E-state index is 0.145. The SMILES string of the molecule is Fc1ccc(C2OCCC2Nc2ccc(C(F)(F)F)nn2)cc1F. The standard InChI is InChI=1S/C15H12F5N3O/c16-9-2-1-8(7-10(9)17)14-11(5-6-24-14)21-13-4-3-12(22-23-13)15(18,19)20/h1-4,7,11,14H,5-6H2,(H,21,23). The summed E-state index contributed by atoms with van der Waals surface area (Å²) >= 11 is 0. The summed E-state index contributed by atoms with van der Waals surface area (Å²) in [5.41, 5.74) is -0.656. The van der Waals surface area contributed by atoms with Gasteiger partial charge in [0.2, 0.25) is 0 Å². The highest BCUT2D eigenvalue weighted by Crippen LogP contribution is 2.32. The number of benzene rings is 1. The van der Waals surface area contributed by atoms with Crippen molar-refractivity contribution in [3.8, 4) is 0 Å². The van der Waals surface area contributed by atoms with E-state index in [1.807, 2.05) is 0 Å². The van der Waals surface area contributed by atoms with Gasteiger partial charge >= 0.3 is 6.18 Å². The first-order chi connectivity index (χ1) is 11.3. The van der Waals surface area contributed by atoms with Crippen molar-refractivity contribution >= 4 is 5.82 Å². The molecule has 0 bridgehead atoms. The Labute approximate surface area is 133 Å². The van der Waals surface area contributed by atoms with Crippen LogP contribution in [0.4, 0.5) is 27.8 Å². The molecule has 9 heteroatoms. The number of aromatic nitrogens is 2. The summed E-state index contributed by atoms with van der Waals surface area (Å²) in [7, 11) is 0. The number of hydrogen-bond donors (Lipinski definition) is 1. The van der Waals surface area contributed by atoms with Crippen LogP contribution < -0.4 is 5.32 Å². The Morgan fingerprint density at radius 1 is 1.04 bits per heavy atom. The highest BCUT2D eigenvalue weighted by Gasteiger charge is 2.34. The van der Waals surface area contributed by atoms with Gasteiger partial charge in [-0.2, -0.15) is 13.2 Å². The lowest BCUT2D eigenvalue weighted by atomic mass is 10.0. The van der Waals surface area contributed by atoms with Crippen LogP contribution in [0, 0.1) is 11.6 Å². The van der Waals surface area contributed by atoms with Gasteiger partial charge in [0.05, 0.1) is 6.04 Å². The molecule has 1 saturated heterocycles. The van der Waals surface area contributed by atoms with Crippen molar-refractivity contribution in [2.45, 2.75) is 24.7 Å².